The number of amides is 1. The highest BCUT2D eigenvalue weighted by Crippen LogP contribution is 2.19. The molecule has 1 aliphatic rings. The summed E-state index contributed by atoms with van der Waals surface area (Å²) in [5, 5.41) is 24.1. The molecule has 176 valence electrons. The van der Waals surface area contributed by atoms with Crippen LogP contribution in [0, 0.1) is 5.41 Å². The molecule has 2 heterocycles. The van der Waals surface area contributed by atoms with Crippen LogP contribution >= 0.6 is 0 Å². The third-order valence-corrected chi connectivity index (χ3v) is 5.84. The number of aromatic nitrogens is 2. The molecule has 0 bridgehead atoms. The first-order chi connectivity index (χ1) is 16.5. The number of nitrogens with two attached hydrogens (primary N) is 1. The number of anilines is 2. The van der Waals surface area contributed by atoms with E-state index in [9.17, 15) is 10.0 Å². The molecule has 10 heteroatoms. The monoisotopic (exact) mass is 460 g/mol. The topological polar surface area (TPSA) is 136 Å². The molecule has 0 atom stereocenters. The third kappa shape index (κ3) is 5.41. The number of rotatable bonds is 7. The Kier molecular flexibility index (Phi) is 7.19. The minimum absolute atomic E-state index is 0.0611. The van der Waals surface area contributed by atoms with Gasteiger partial charge in [-0.3, -0.25) is 15.1 Å². The number of para-hydroxylation sites is 1. The third-order valence-electron chi connectivity index (χ3n) is 5.84. The van der Waals surface area contributed by atoms with Gasteiger partial charge in [0.15, 0.2) is 5.84 Å². The molecule has 0 saturated carbocycles. The lowest BCUT2D eigenvalue weighted by Crippen LogP contribution is -2.49. The average Bonchev–Trinajstić information content (AvgIpc) is 3.40. The number of oxime groups is 1. The number of carbonyl (C=O) groups is 1. The highest BCUT2D eigenvalue weighted by molar-refractivity contribution is 6.50. The van der Waals surface area contributed by atoms with Crippen molar-refractivity contribution in [2.45, 2.75) is 6.54 Å². The van der Waals surface area contributed by atoms with Crippen LogP contribution in [0.1, 0.15) is 15.9 Å². The largest absolute Gasteiger partial charge is 0.409 e. The van der Waals surface area contributed by atoms with E-state index in [2.05, 4.69) is 20.4 Å². The number of imidazole rings is 1. The van der Waals surface area contributed by atoms with E-state index < -0.39 is 0 Å². The van der Waals surface area contributed by atoms with Crippen LogP contribution in [-0.4, -0.2) is 74.7 Å². The molecule has 1 amide bonds. The zero-order valence-corrected chi connectivity index (χ0v) is 18.8. The van der Waals surface area contributed by atoms with E-state index in [0.29, 0.717) is 35.6 Å². The zero-order valence-electron chi connectivity index (χ0n) is 18.8. The van der Waals surface area contributed by atoms with Gasteiger partial charge in [-0.15, -0.1) is 0 Å². The summed E-state index contributed by atoms with van der Waals surface area (Å²) < 4.78 is 2.04. The Morgan fingerprint density at radius 1 is 1.12 bits per heavy atom. The fraction of sp³-hybridized carbons (Fsp3) is 0.250. The Bertz CT molecular complexity index is 1150. The number of nitrogen functional groups attached to an aromatic ring is 1. The van der Waals surface area contributed by atoms with Crippen LogP contribution < -0.4 is 11.1 Å². The standard InChI is InChI=1S/C24H28N8O2/c25-21-7-6-18(16-20(21)22(26)23(29-34)28-19-4-2-1-3-5-19)24(33)32-14-12-30(13-15-32)10-11-31-9-8-27-17-31/h1-9,16-17,26,34H,10-15,25H2,(H,28,29). The molecule has 5 N–H and O–H groups in total. The van der Waals surface area contributed by atoms with Crippen molar-refractivity contribution in [1.82, 2.24) is 19.4 Å². The van der Waals surface area contributed by atoms with E-state index in [1.807, 2.05) is 33.9 Å². The van der Waals surface area contributed by atoms with Gasteiger partial charge in [-0.2, -0.15) is 0 Å². The van der Waals surface area contributed by atoms with Gasteiger partial charge in [-0.25, -0.2) is 4.98 Å². The Balaban J connectivity index is 1.40. The van der Waals surface area contributed by atoms with Gasteiger partial charge in [-0.05, 0) is 30.3 Å². The summed E-state index contributed by atoms with van der Waals surface area (Å²) in [4.78, 5) is 21.4. The maximum atomic E-state index is 13.2. The molecule has 2 aromatic carbocycles. The van der Waals surface area contributed by atoms with Gasteiger partial charge in [0.2, 0.25) is 0 Å². The van der Waals surface area contributed by atoms with Gasteiger partial charge < -0.3 is 25.7 Å². The molecule has 0 spiro atoms. The van der Waals surface area contributed by atoms with Crippen molar-refractivity contribution >= 4 is 28.8 Å². The number of nitrogens with zero attached hydrogens (tertiary/aromatic N) is 5. The van der Waals surface area contributed by atoms with Gasteiger partial charge in [0.25, 0.3) is 5.91 Å². The molecule has 0 aliphatic carbocycles. The molecule has 0 unspecified atom stereocenters. The lowest BCUT2D eigenvalue weighted by molar-refractivity contribution is 0.0633. The summed E-state index contributed by atoms with van der Waals surface area (Å²) in [6.45, 7) is 4.60. The predicted molar refractivity (Wildman–Crippen MR) is 132 cm³/mol. The maximum Gasteiger partial charge on any atom is 0.253 e. The Hall–Kier alpha value is -4.18. The highest BCUT2D eigenvalue weighted by atomic mass is 16.4. The van der Waals surface area contributed by atoms with E-state index in [-0.39, 0.29) is 17.5 Å². The molecule has 0 radical (unpaired) electrons. The molecule has 4 rings (SSSR count). The van der Waals surface area contributed by atoms with Gasteiger partial charge in [0.1, 0.15) is 5.71 Å². The van der Waals surface area contributed by atoms with E-state index >= 15 is 0 Å². The predicted octanol–water partition coefficient (Wildman–Crippen LogP) is 2.19. The summed E-state index contributed by atoms with van der Waals surface area (Å²) in [6, 6.07) is 13.9. The van der Waals surface area contributed by atoms with E-state index in [1.54, 1.807) is 42.9 Å². The SMILES string of the molecule is N=C(/C(=N/O)Nc1ccccc1)c1cc(C(=O)N2CCN(CCn3ccnc3)CC2)ccc1N. The summed E-state index contributed by atoms with van der Waals surface area (Å²) >= 11 is 0. The summed E-state index contributed by atoms with van der Waals surface area (Å²) in [6.07, 6.45) is 5.51. The van der Waals surface area contributed by atoms with Crippen LogP contribution in [0.5, 0.6) is 0 Å². The number of hydrogen-bond donors (Lipinski definition) is 4. The van der Waals surface area contributed by atoms with Gasteiger partial charge in [0, 0.05) is 74.2 Å². The van der Waals surface area contributed by atoms with Crippen LogP contribution in [0.15, 0.2) is 72.4 Å². The van der Waals surface area contributed by atoms with E-state index in [4.69, 9.17) is 11.1 Å². The van der Waals surface area contributed by atoms with Crippen molar-refractivity contribution in [2.75, 3.05) is 43.8 Å². The number of carbonyl (C=O) groups excluding carboxylic acids is 1. The second-order valence-corrected chi connectivity index (χ2v) is 8.05. The zero-order chi connectivity index (χ0) is 23.9. The van der Waals surface area contributed by atoms with Crippen molar-refractivity contribution in [3.05, 3.63) is 78.4 Å². The fourth-order valence-corrected chi connectivity index (χ4v) is 3.86. The van der Waals surface area contributed by atoms with Crippen LogP contribution in [-0.2, 0) is 6.54 Å². The normalized spacial score (nSPS) is 14.7. The quantitative estimate of drug-likeness (QED) is 0.140. The first-order valence-corrected chi connectivity index (χ1v) is 11.1. The van der Waals surface area contributed by atoms with E-state index in [1.165, 1.54) is 0 Å². The Morgan fingerprint density at radius 3 is 2.56 bits per heavy atom. The summed E-state index contributed by atoms with van der Waals surface area (Å²) in [5.74, 6) is -0.171. The van der Waals surface area contributed by atoms with Gasteiger partial charge in [0.05, 0.1) is 6.33 Å². The first-order valence-electron chi connectivity index (χ1n) is 11.1. The Morgan fingerprint density at radius 2 is 1.88 bits per heavy atom. The second kappa shape index (κ2) is 10.6. The molecule has 3 aromatic rings. The fourth-order valence-electron chi connectivity index (χ4n) is 3.86. The van der Waals surface area contributed by atoms with Crippen molar-refractivity contribution in [2.24, 2.45) is 5.16 Å². The summed E-state index contributed by atoms with van der Waals surface area (Å²) in [7, 11) is 0. The van der Waals surface area contributed by atoms with E-state index in [0.717, 1.165) is 26.2 Å². The number of hydrogen-bond acceptors (Lipinski definition) is 7. The van der Waals surface area contributed by atoms with Crippen molar-refractivity contribution in [1.29, 1.82) is 5.41 Å². The second-order valence-electron chi connectivity index (χ2n) is 8.05. The smallest absolute Gasteiger partial charge is 0.253 e. The molecule has 1 aromatic heterocycles. The van der Waals surface area contributed by atoms with Crippen molar-refractivity contribution in [3.8, 4) is 0 Å². The molecule has 10 nitrogen and oxygen atoms in total. The maximum absolute atomic E-state index is 13.2. The molecule has 1 aliphatic heterocycles. The lowest BCUT2D eigenvalue weighted by atomic mass is 10.0. The van der Waals surface area contributed by atoms with Crippen molar-refractivity contribution in [3.63, 3.8) is 0 Å². The molecule has 1 fully saturated rings. The number of nitrogens with one attached hydrogen (secondary N) is 2. The molecule has 34 heavy (non-hydrogen) atoms. The molecular formula is C24H28N8O2. The average molecular weight is 461 g/mol. The van der Waals surface area contributed by atoms with Crippen LogP contribution in [0.4, 0.5) is 11.4 Å². The minimum Gasteiger partial charge on any atom is -0.409 e. The van der Waals surface area contributed by atoms with Crippen LogP contribution in [0.2, 0.25) is 0 Å². The van der Waals surface area contributed by atoms with Crippen LogP contribution in [0.25, 0.3) is 0 Å². The number of benzene rings is 2. The summed E-state index contributed by atoms with van der Waals surface area (Å²) in [5.41, 5.74) is 7.74. The van der Waals surface area contributed by atoms with Gasteiger partial charge in [-0.1, -0.05) is 23.4 Å². The minimum atomic E-state index is -0.109. The van der Waals surface area contributed by atoms with Crippen LogP contribution in [0.3, 0.4) is 0 Å². The first kappa shape index (κ1) is 23.0. The molecule has 1 saturated heterocycles. The lowest BCUT2D eigenvalue weighted by Gasteiger charge is -2.34. The van der Waals surface area contributed by atoms with Crippen molar-refractivity contribution < 1.29 is 10.0 Å². The molecular weight excluding hydrogens is 432 g/mol. The number of amidine groups is 1. The number of piperazine rings is 1. The highest BCUT2D eigenvalue weighted by Gasteiger charge is 2.23. The van der Waals surface area contributed by atoms with Gasteiger partial charge >= 0.3 is 0 Å². The Labute approximate surface area is 197 Å².